The van der Waals surface area contributed by atoms with Crippen molar-refractivity contribution in [2.45, 2.75) is 25.0 Å². The average molecular weight is 453 g/mol. The SMILES string of the molecule is COc1ccc(C(O)=C2C(=O)C(=O)N(C[C@H]3CCCO3)[C@H]2c2ccc(OC)c(OC)c2)cc1. The van der Waals surface area contributed by atoms with Gasteiger partial charge in [-0.3, -0.25) is 9.59 Å². The molecule has 0 spiro atoms. The quantitative estimate of drug-likeness (QED) is 0.390. The van der Waals surface area contributed by atoms with E-state index in [1.54, 1.807) is 49.6 Å². The predicted molar refractivity (Wildman–Crippen MR) is 121 cm³/mol. The van der Waals surface area contributed by atoms with Crippen LogP contribution in [0.15, 0.2) is 48.0 Å². The summed E-state index contributed by atoms with van der Waals surface area (Å²) in [5.74, 6) is -0.0523. The monoisotopic (exact) mass is 453 g/mol. The van der Waals surface area contributed by atoms with Crippen LogP contribution in [0.3, 0.4) is 0 Å². The maximum absolute atomic E-state index is 13.2. The molecule has 0 unspecified atom stereocenters. The molecule has 0 saturated carbocycles. The number of carbonyl (C=O) groups is 2. The molecule has 2 fully saturated rings. The summed E-state index contributed by atoms with van der Waals surface area (Å²) in [6.07, 6.45) is 1.55. The smallest absolute Gasteiger partial charge is 0.295 e. The summed E-state index contributed by atoms with van der Waals surface area (Å²) < 4.78 is 21.7. The molecule has 2 aromatic carbocycles. The van der Waals surface area contributed by atoms with Gasteiger partial charge in [0.2, 0.25) is 0 Å². The summed E-state index contributed by atoms with van der Waals surface area (Å²) >= 11 is 0. The van der Waals surface area contributed by atoms with Gasteiger partial charge in [0.05, 0.1) is 39.0 Å². The minimum atomic E-state index is -0.795. The van der Waals surface area contributed by atoms with Gasteiger partial charge in [-0.25, -0.2) is 0 Å². The third-order valence-corrected chi connectivity index (χ3v) is 6.05. The van der Waals surface area contributed by atoms with Crippen LogP contribution >= 0.6 is 0 Å². The van der Waals surface area contributed by atoms with Gasteiger partial charge in [0.25, 0.3) is 11.7 Å². The molecule has 0 bridgehead atoms. The molecule has 2 heterocycles. The molecule has 8 heteroatoms. The van der Waals surface area contributed by atoms with Crippen molar-refractivity contribution < 1.29 is 33.6 Å². The highest BCUT2D eigenvalue weighted by molar-refractivity contribution is 6.46. The van der Waals surface area contributed by atoms with Gasteiger partial charge >= 0.3 is 0 Å². The minimum Gasteiger partial charge on any atom is -0.507 e. The van der Waals surface area contributed by atoms with E-state index in [2.05, 4.69) is 0 Å². The van der Waals surface area contributed by atoms with Gasteiger partial charge in [-0.2, -0.15) is 0 Å². The second-order valence-electron chi connectivity index (χ2n) is 7.93. The summed E-state index contributed by atoms with van der Waals surface area (Å²) in [6.45, 7) is 0.879. The first kappa shape index (κ1) is 22.7. The average Bonchev–Trinajstić information content (AvgIpc) is 3.45. The number of hydrogen-bond donors (Lipinski definition) is 1. The first-order valence-electron chi connectivity index (χ1n) is 10.7. The van der Waals surface area contributed by atoms with E-state index in [9.17, 15) is 14.7 Å². The number of benzene rings is 2. The summed E-state index contributed by atoms with van der Waals surface area (Å²) in [4.78, 5) is 27.7. The maximum Gasteiger partial charge on any atom is 0.295 e. The lowest BCUT2D eigenvalue weighted by Gasteiger charge is -2.28. The molecule has 1 N–H and O–H groups in total. The highest BCUT2D eigenvalue weighted by Crippen LogP contribution is 2.42. The van der Waals surface area contributed by atoms with E-state index in [0.717, 1.165) is 12.8 Å². The van der Waals surface area contributed by atoms with Gasteiger partial charge in [-0.1, -0.05) is 6.07 Å². The van der Waals surface area contributed by atoms with Gasteiger partial charge in [0.15, 0.2) is 11.5 Å². The molecule has 0 radical (unpaired) electrons. The largest absolute Gasteiger partial charge is 0.507 e. The van der Waals surface area contributed by atoms with Gasteiger partial charge in [-0.15, -0.1) is 0 Å². The lowest BCUT2D eigenvalue weighted by Crippen LogP contribution is -2.36. The number of amides is 1. The first-order chi connectivity index (χ1) is 16.0. The van der Waals surface area contributed by atoms with Crippen LogP contribution in [0.2, 0.25) is 0 Å². The maximum atomic E-state index is 13.2. The van der Waals surface area contributed by atoms with E-state index in [4.69, 9.17) is 18.9 Å². The summed E-state index contributed by atoms with van der Waals surface area (Å²) in [6, 6.07) is 11.1. The van der Waals surface area contributed by atoms with Crippen molar-refractivity contribution in [1.82, 2.24) is 4.90 Å². The number of likely N-dealkylation sites (tertiary alicyclic amines) is 1. The Bertz CT molecular complexity index is 1070. The number of ether oxygens (including phenoxy) is 4. The van der Waals surface area contributed by atoms with Crippen molar-refractivity contribution in [2.75, 3.05) is 34.5 Å². The van der Waals surface area contributed by atoms with E-state index in [-0.39, 0.29) is 24.0 Å². The number of rotatable bonds is 7. The third kappa shape index (κ3) is 4.26. The number of nitrogens with zero attached hydrogens (tertiary/aromatic N) is 1. The third-order valence-electron chi connectivity index (χ3n) is 6.05. The number of aliphatic hydroxyl groups is 1. The van der Waals surface area contributed by atoms with Crippen molar-refractivity contribution in [2.24, 2.45) is 0 Å². The van der Waals surface area contributed by atoms with Crippen LogP contribution in [-0.4, -0.2) is 62.3 Å². The fraction of sp³-hybridized carbons (Fsp3) is 0.360. The van der Waals surface area contributed by atoms with Crippen LogP contribution in [0.1, 0.15) is 30.0 Å². The second-order valence-corrected chi connectivity index (χ2v) is 7.93. The van der Waals surface area contributed by atoms with Crippen molar-refractivity contribution in [3.63, 3.8) is 0 Å². The number of carbonyl (C=O) groups excluding carboxylic acids is 2. The molecular weight excluding hydrogens is 426 g/mol. The van der Waals surface area contributed by atoms with E-state index in [0.29, 0.717) is 35.0 Å². The first-order valence-corrected chi connectivity index (χ1v) is 10.7. The molecular formula is C25H27NO7. The standard InChI is InChI=1S/C25H27NO7/c1-30-17-9-6-15(7-10-17)23(27)21-22(16-8-11-19(31-2)20(13-16)32-3)26(25(29)24(21)28)14-18-5-4-12-33-18/h6-11,13,18,22,27H,4-5,12,14H2,1-3H3/t18-,22+/m1/s1. The Morgan fingerprint density at radius 3 is 2.36 bits per heavy atom. The molecule has 4 rings (SSSR count). The molecule has 33 heavy (non-hydrogen) atoms. The van der Waals surface area contributed by atoms with Gasteiger partial charge in [0, 0.05) is 18.7 Å². The Kier molecular flexibility index (Phi) is 6.55. The highest BCUT2D eigenvalue weighted by atomic mass is 16.5. The normalized spacial score (nSPS) is 22.0. The van der Waals surface area contributed by atoms with Crippen molar-refractivity contribution >= 4 is 17.4 Å². The summed E-state index contributed by atoms with van der Waals surface area (Å²) in [5.41, 5.74) is 1.06. The molecule has 2 atom stereocenters. The van der Waals surface area contributed by atoms with Gasteiger partial charge in [0.1, 0.15) is 11.5 Å². The van der Waals surface area contributed by atoms with Gasteiger partial charge in [-0.05, 0) is 54.8 Å². The zero-order valence-corrected chi connectivity index (χ0v) is 18.9. The molecule has 0 aromatic heterocycles. The van der Waals surface area contributed by atoms with Gasteiger partial charge < -0.3 is 29.0 Å². The second kappa shape index (κ2) is 9.54. The van der Waals surface area contributed by atoms with E-state index in [1.165, 1.54) is 19.1 Å². The van der Waals surface area contributed by atoms with Crippen LogP contribution in [-0.2, 0) is 14.3 Å². The number of hydrogen-bond acceptors (Lipinski definition) is 7. The minimum absolute atomic E-state index is 0.0235. The number of methoxy groups -OCH3 is 3. The molecule has 0 aliphatic carbocycles. The van der Waals surface area contributed by atoms with Crippen LogP contribution in [0, 0.1) is 0 Å². The zero-order chi connectivity index (χ0) is 23.5. The van der Waals surface area contributed by atoms with Crippen LogP contribution in [0.5, 0.6) is 17.2 Å². The van der Waals surface area contributed by atoms with E-state index >= 15 is 0 Å². The summed E-state index contributed by atoms with van der Waals surface area (Å²) in [7, 11) is 4.59. The Labute approximate surface area is 192 Å². The van der Waals surface area contributed by atoms with Crippen molar-refractivity contribution in [3.8, 4) is 17.2 Å². The van der Waals surface area contributed by atoms with E-state index in [1.807, 2.05) is 0 Å². The lowest BCUT2D eigenvalue weighted by atomic mass is 9.94. The van der Waals surface area contributed by atoms with Crippen LogP contribution in [0.25, 0.3) is 5.76 Å². The van der Waals surface area contributed by atoms with Crippen LogP contribution in [0.4, 0.5) is 0 Å². The molecule has 2 saturated heterocycles. The highest BCUT2D eigenvalue weighted by Gasteiger charge is 2.47. The Hall–Kier alpha value is -3.52. The number of aliphatic hydroxyl groups excluding tert-OH is 1. The Morgan fingerprint density at radius 2 is 1.76 bits per heavy atom. The zero-order valence-electron chi connectivity index (χ0n) is 18.9. The lowest BCUT2D eigenvalue weighted by molar-refractivity contribution is -0.140. The summed E-state index contributed by atoms with van der Waals surface area (Å²) in [5, 5.41) is 11.2. The van der Waals surface area contributed by atoms with Crippen molar-refractivity contribution in [1.29, 1.82) is 0 Å². The molecule has 2 aliphatic rings. The van der Waals surface area contributed by atoms with E-state index < -0.39 is 17.7 Å². The predicted octanol–water partition coefficient (Wildman–Crippen LogP) is 3.31. The Balaban J connectivity index is 1.83. The molecule has 2 aliphatic heterocycles. The molecule has 2 aromatic rings. The fourth-order valence-corrected chi connectivity index (χ4v) is 4.35. The van der Waals surface area contributed by atoms with Crippen molar-refractivity contribution in [3.05, 3.63) is 59.2 Å². The molecule has 1 amide bonds. The number of ketones is 1. The Morgan fingerprint density at radius 1 is 1.03 bits per heavy atom. The molecule has 8 nitrogen and oxygen atoms in total. The molecule has 174 valence electrons. The topological polar surface area (TPSA) is 94.5 Å². The van der Waals surface area contributed by atoms with Crippen LogP contribution < -0.4 is 14.2 Å². The fourth-order valence-electron chi connectivity index (χ4n) is 4.35. The number of Topliss-reactive ketones (excluding diaryl/α,β-unsaturated/α-hetero) is 1.